The Kier molecular flexibility index (Phi) is 4.71. The third-order valence-electron chi connectivity index (χ3n) is 3.63. The number of nitrogens with one attached hydrogen (secondary N) is 1. The molecule has 1 fully saturated rings. The van der Waals surface area contributed by atoms with Crippen LogP contribution in [-0.2, 0) is 20.9 Å². The van der Waals surface area contributed by atoms with E-state index in [2.05, 4.69) is 5.32 Å². The molecule has 1 aromatic rings. The summed E-state index contributed by atoms with van der Waals surface area (Å²) in [7, 11) is 0. The number of nitrogens with zero attached hydrogens (tertiary/aromatic N) is 1. The molecule has 1 aliphatic heterocycles. The quantitative estimate of drug-likeness (QED) is 0.665. The fraction of sp³-hybridized carbons (Fsp3) is 0.400. The van der Waals surface area contributed by atoms with E-state index in [1.165, 1.54) is 0 Å². The lowest BCUT2D eigenvalue weighted by atomic mass is 9.99. The summed E-state index contributed by atoms with van der Waals surface area (Å²) in [6.07, 6.45) is 0.450. The van der Waals surface area contributed by atoms with Crippen molar-refractivity contribution in [1.82, 2.24) is 10.2 Å². The first-order valence-electron chi connectivity index (χ1n) is 6.90. The Labute approximate surface area is 133 Å². The van der Waals surface area contributed by atoms with E-state index >= 15 is 0 Å². The van der Waals surface area contributed by atoms with Crippen LogP contribution in [0.2, 0.25) is 5.02 Å². The van der Waals surface area contributed by atoms with E-state index in [1.54, 1.807) is 38.1 Å². The fourth-order valence-electron chi connectivity index (χ4n) is 2.10. The average Bonchev–Trinajstić information content (AvgIpc) is 2.69. The van der Waals surface area contributed by atoms with Crippen LogP contribution in [-0.4, -0.2) is 34.9 Å². The first-order valence-corrected chi connectivity index (χ1v) is 7.27. The van der Waals surface area contributed by atoms with Crippen molar-refractivity contribution in [3.05, 3.63) is 34.9 Å². The molecular weight excluding hydrogens is 308 g/mol. The van der Waals surface area contributed by atoms with E-state index in [9.17, 15) is 14.4 Å². The van der Waals surface area contributed by atoms with Gasteiger partial charge in [-0.15, -0.1) is 0 Å². The molecule has 1 aliphatic rings. The Morgan fingerprint density at radius 3 is 2.73 bits per heavy atom. The number of esters is 1. The van der Waals surface area contributed by atoms with E-state index in [0.717, 1.165) is 10.5 Å². The zero-order valence-corrected chi connectivity index (χ0v) is 13.1. The van der Waals surface area contributed by atoms with Crippen molar-refractivity contribution in [3.63, 3.8) is 0 Å². The van der Waals surface area contributed by atoms with E-state index in [0.29, 0.717) is 11.4 Å². The van der Waals surface area contributed by atoms with E-state index in [1.807, 2.05) is 0 Å². The van der Waals surface area contributed by atoms with Gasteiger partial charge in [-0.2, -0.15) is 0 Å². The first kappa shape index (κ1) is 16.3. The standard InChI is InChI=1S/C15H17ClN2O4/c1-3-15(2)13(20)18(14(21)17-15)8-12(19)22-9-10-5-4-6-11(16)7-10/h4-7H,3,8-9H2,1-2H3,(H,17,21). The van der Waals surface area contributed by atoms with Gasteiger partial charge in [-0.3, -0.25) is 14.5 Å². The normalized spacial score (nSPS) is 21.0. The summed E-state index contributed by atoms with van der Waals surface area (Å²) in [5.74, 6) is -1.07. The number of rotatable bonds is 5. The van der Waals surface area contributed by atoms with E-state index in [4.69, 9.17) is 16.3 Å². The third-order valence-corrected chi connectivity index (χ3v) is 3.86. The van der Waals surface area contributed by atoms with Crippen LogP contribution in [0.25, 0.3) is 0 Å². The van der Waals surface area contributed by atoms with E-state index < -0.39 is 30.0 Å². The summed E-state index contributed by atoms with van der Waals surface area (Å²) in [6.45, 7) is 3.05. The van der Waals surface area contributed by atoms with Gasteiger partial charge < -0.3 is 10.1 Å². The van der Waals surface area contributed by atoms with Crippen LogP contribution in [0, 0.1) is 0 Å². The molecule has 0 aromatic heterocycles. The molecule has 1 heterocycles. The van der Waals surface area contributed by atoms with Gasteiger partial charge in [0.1, 0.15) is 18.7 Å². The van der Waals surface area contributed by atoms with Crippen molar-refractivity contribution in [2.24, 2.45) is 0 Å². The smallest absolute Gasteiger partial charge is 0.326 e. The van der Waals surface area contributed by atoms with Crippen molar-refractivity contribution in [2.45, 2.75) is 32.4 Å². The number of carbonyl (C=O) groups is 3. The van der Waals surface area contributed by atoms with Gasteiger partial charge in [0.2, 0.25) is 0 Å². The summed E-state index contributed by atoms with van der Waals surface area (Å²) in [5.41, 5.74) is -0.221. The second-order valence-electron chi connectivity index (χ2n) is 5.30. The molecule has 0 saturated carbocycles. The number of imide groups is 1. The fourth-order valence-corrected chi connectivity index (χ4v) is 2.31. The van der Waals surface area contributed by atoms with Gasteiger partial charge in [0.25, 0.3) is 5.91 Å². The summed E-state index contributed by atoms with van der Waals surface area (Å²) in [6, 6.07) is 6.33. The maximum Gasteiger partial charge on any atom is 0.326 e. The average molecular weight is 325 g/mol. The van der Waals surface area contributed by atoms with Gasteiger partial charge >= 0.3 is 12.0 Å². The highest BCUT2D eigenvalue weighted by atomic mass is 35.5. The summed E-state index contributed by atoms with van der Waals surface area (Å²) >= 11 is 5.84. The maximum atomic E-state index is 12.1. The molecule has 1 saturated heterocycles. The number of urea groups is 1. The minimum atomic E-state index is -0.954. The number of hydrogen-bond acceptors (Lipinski definition) is 4. The topological polar surface area (TPSA) is 75.7 Å². The molecule has 1 N–H and O–H groups in total. The summed E-state index contributed by atoms with van der Waals surface area (Å²) in [5, 5.41) is 3.12. The SMILES string of the molecule is CCC1(C)NC(=O)N(CC(=O)OCc2cccc(Cl)c2)C1=O. The van der Waals surface area contributed by atoms with Crippen molar-refractivity contribution in [2.75, 3.05) is 6.54 Å². The van der Waals surface area contributed by atoms with Gasteiger partial charge in [0.15, 0.2) is 0 Å². The Bertz CT molecular complexity index is 619. The molecule has 6 nitrogen and oxygen atoms in total. The van der Waals surface area contributed by atoms with Gasteiger partial charge in [0, 0.05) is 5.02 Å². The number of carbonyl (C=O) groups excluding carboxylic acids is 3. The zero-order chi connectivity index (χ0) is 16.3. The highest BCUT2D eigenvalue weighted by Gasteiger charge is 2.47. The Balaban J connectivity index is 1.92. The molecule has 0 spiro atoms. The molecule has 1 atom stereocenters. The predicted molar refractivity (Wildman–Crippen MR) is 80.2 cm³/mol. The molecule has 3 amide bonds. The van der Waals surface area contributed by atoms with Crippen LogP contribution in [0.15, 0.2) is 24.3 Å². The zero-order valence-electron chi connectivity index (χ0n) is 12.4. The molecule has 118 valence electrons. The third kappa shape index (κ3) is 3.39. The second-order valence-corrected chi connectivity index (χ2v) is 5.73. The van der Waals surface area contributed by atoms with Crippen LogP contribution in [0.3, 0.4) is 0 Å². The van der Waals surface area contributed by atoms with E-state index in [-0.39, 0.29) is 6.61 Å². The van der Waals surface area contributed by atoms with Gasteiger partial charge in [-0.25, -0.2) is 4.79 Å². The highest BCUT2D eigenvalue weighted by Crippen LogP contribution is 2.20. The maximum absolute atomic E-state index is 12.1. The summed E-state index contributed by atoms with van der Waals surface area (Å²) < 4.78 is 5.07. The monoisotopic (exact) mass is 324 g/mol. The molecule has 1 unspecified atom stereocenters. The van der Waals surface area contributed by atoms with Crippen molar-refractivity contribution >= 4 is 29.5 Å². The second kappa shape index (κ2) is 6.36. The van der Waals surface area contributed by atoms with Crippen molar-refractivity contribution in [3.8, 4) is 0 Å². The number of hydrogen-bond donors (Lipinski definition) is 1. The molecular formula is C15H17ClN2O4. The minimum absolute atomic E-state index is 0.0358. The molecule has 0 aliphatic carbocycles. The molecule has 7 heteroatoms. The molecule has 1 aromatic carbocycles. The van der Waals surface area contributed by atoms with Gasteiger partial charge in [0.05, 0.1) is 0 Å². The molecule has 0 radical (unpaired) electrons. The van der Waals surface area contributed by atoms with Crippen molar-refractivity contribution in [1.29, 1.82) is 0 Å². The largest absolute Gasteiger partial charge is 0.459 e. The van der Waals surface area contributed by atoms with Gasteiger partial charge in [-0.1, -0.05) is 30.7 Å². The van der Waals surface area contributed by atoms with Crippen LogP contribution >= 0.6 is 11.6 Å². The molecule has 2 rings (SSSR count). The van der Waals surface area contributed by atoms with Crippen molar-refractivity contribution < 1.29 is 19.1 Å². The van der Waals surface area contributed by atoms with Crippen LogP contribution in [0.4, 0.5) is 4.79 Å². The molecule has 22 heavy (non-hydrogen) atoms. The predicted octanol–water partition coefficient (Wildman–Crippen LogP) is 2.10. The number of ether oxygens (including phenoxy) is 1. The lowest BCUT2D eigenvalue weighted by Crippen LogP contribution is -2.43. The lowest BCUT2D eigenvalue weighted by molar-refractivity contribution is -0.148. The van der Waals surface area contributed by atoms with Gasteiger partial charge in [-0.05, 0) is 31.0 Å². The lowest BCUT2D eigenvalue weighted by Gasteiger charge is -2.18. The Hall–Kier alpha value is -2.08. The number of amides is 3. The highest BCUT2D eigenvalue weighted by molar-refractivity contribution is 6.30. The van der Waals surface area contributed by atoms with Crippen LogP contribution in [0.1, 0.15) is 25.8 Å². The van der Waals surface area contributed by atoms with Crippen LogP contribution < -0.4 is 5.32 Å². The Morgan fingerprint density at radius 1 is 1.41 bits per heavy atom. The van der Waals surface area contributed by atoms with Crippen LogP contribution in [0.5, 0.6) is 0 Å². The molecule has 0 bridgehead atoms. The summed E-state index contributed by atoms with van der Waals surface area (Å²) in [4.78, 5) is 36.6. The first-order chi connectivity index (χ1) is 10.4. The number of benzene rings is 1. The Morgan fingerprint density at radius 2 is 2.14 bits per heavy atom. The minimum Gasteiger partial charge on any atom is -0.459 e. The number of halogens is 1.